The molecule has 2 aromatic rings. The molecule has 0 spiro atoms. The van der Waals surface area contributed by atoms with E-state index < -0.39 is 0 Å². The molecule has 4 heteroatoms. The van der Waals surface area contributed by atoms with Crippen molar-refractivity contribution >= 4 is 22.9 Å². The fourth-order valence-electron chi connectivity index (χ4n) is 1.45. The van der Waals surface area contributed by atoms with E-state index in [1.165, 1.54) is 5.39 Å². The van der Waals surface area contributed by atoms with Gasteiger partial charge < -0.3 is 9.52 Å². The zero-order chi connectivity index (χ0) is 13.6. The van der Waals surface area contributed by atoms with Crippen molar-refractivity contribution in [1.29, 1.82) is 0 Å². The lowest BCUT2D eigenvalue weighted by Gasteiger charge is -2.16. The Bertz CT molecular complexity index is 441. The predicted molar refractivity (Wildman–Crippen MR) is 78.5 cm³/mol. The van der Waals surface area contributed by atoms with E-state index in [1.807, 2.05) is 18.2 Å². The Kier molecular flexibility index (Phi) is 5.72. The molecule has 0 radical (unpaired) electrons. The number of hydrogen-bond acceptors (Lipinski definition) is 4. The lowest BCUT2D eigenvalue weighted by atomic mass is 10.2. The van der Waals surface area contributed by atoms with Crippen molar-refractivity contribution in [3.8, 4) is 0 Å². The van der Waals surface area contributed by atoms with E-state index in [0.717, 1.165) is 25.0 Å². The fraction of sp³-hybridized carbons (Fsp3) is 0.429. The first kappa shape index (κ1) is 15.1. The number of fused-ring (bicyclic) bond motifs is 1. The van der Waals surface area contributed by atoms with Crippen LogP contribution in [0.15, 0.2) is 34.7 Å². The molecule has 0 saturated heterocycles. The van der Waals surface area contributed by atoms with E-state index in [4.69, 9.17) is 9.52 Å². The second kappa shape index (κ2) is 6.83. The van der Waals surface area contributed by atoms with Gasteiger partial charge in [-0.2, -0.15) is 0 Å². The molecule has 0 fully saturated rings. The smallest absolute Gasteiger partial charge is 0.134 e. The number of benzene rings is 1. The average Bonchev–Trinajstić information content (AvgIpc) is 2.72. The van der Waals surface area contributed by atoms with Gasteiger partial charge in [-0.15, -0.1) is 0 Å². The van der Waals surface area contributed by atoms with E-state index >= 15 is 0 Å². The van der Waals surface area contributed by atoms with Crippen LogP contribution in [0.2, 0.25) is 0 Å². The molecule has 0 amide bonds. The highest BCUT2D eigenvalue weighted by molar-refractivity contribution is 7.98. The zero-order valence-electron chi connectivity index (χ0n) is 11.4. The highest BCUT2D eigenvalue weighted by Crippen LogP contribution is 2.22. The highest BCUT2D eigenvalue weighted by atomic mass is 32.2. The average molecular weight is 267 g/mol. The maximum atomic E-state index is 7.00. The van der Waals surface area contributed by atoms with Gasteiger partial charge >= 0.3 is 0 Å². The maximum absolute atomic E-state index is 7.00. The Balaban J connectivity index is 0.000000771. The summed E-state index contributed by atoms with van der Waals surface area (Å²) >= 11 is 1.73. The SMILES string of the molecule is CC(C)(C)SNCc1cc2ccccc2o1.CO. The molecule has 0 atom stereocenters. The maximum Gasteiger partial charge on any atom is 0.134 e. The number of furan rings is 1. The van der Waals surface area contributed by atoms with Crippen LogP contribution >= 0.6 is 11.9 Å². The van der Waals surface area contributed by atoms with Gasteiger partial charge in [0.05, 0.1) is 6.54 Å². The molecule has 100 valence electrons. The number of nitrogens with one attached hydrogen (secondary N) is 1. The first-order chi connectivity index (χ1) is 8.54. The lowest BCUT2D eigenvalue weighted by molar-refractivity contribution is 0.399. The molecule has 2 N–H and O–H groups in total. The molecular formula is C14H21NO2S. The molecule has 0 bridgehead atoms. The molecule has 1 aromatic heterocycles. The van der Waals surface area contributed by atoms with Gasteiger partial charge in [-0.3, -0.25) is 4.72 Å². The monoisotopic (exact) mass is 267 g/mol. The topological polar surface area (TPSA) is 45.4 Å². The quantitative estimate of drug-likeness (QED) is 0.834. The van der Waals surface area contributed by atoms with Gasteiger partial charge in [-0.25, -0.2) is 0 Å². The number of aliphatic hydroxyl groups is 1. The van der Waals surface area contributed by atoms with Gasteiger partial charge in [0.15, 0.2) is 0 Å². The predicted octanol–water partition coefficient (Wildman–Crippen LogP) is 3.58. The van der Waals surface area contributed by atoms with Gasteiger partial charge in [0.1, 0.15) is 11.3 Å². The number of rotatable bonds is 3. The third-order valence-corrected chi connectivity index (χ3v) is 3.00. The molecule has 3 nitrogen and oxygen atoms in total. The van der Waals surface area contributed by atoms with Gasteiger partial charge in [0, 0.05) is 17.2 Å². The summed E-state index contributed by atoms with van der Waals surface area (Å²) in [4.78, 5) is 0. The second-order valence-corrected chi connectivity index (χ2v) is 6.50. The van der Waals surface area contributed by atoms with Crippen LogP contribution in [0.25, 0.3) is 11.0 Å². The summed E-state index contributed by atoms with van der Waals surface area (Å²) in [6.07, 6.45) is 0. The molecule has 0 saturated carbocycles. The first-order valence-electron chi connectivity index (χ1n) is 5.88. The van der Waals surface area contributed by atoms with E-state index in [1.54, 1.807) is 11.9 Å². The largest absolute Gasteiger partial charge is 0.460 e. The van der Waals surface area contributed by atoms with E-state index in [0.29, 0.717) is 0 Å². The fourth-order valence-corrected chi connectivity index (χ4v) is 2.10. The third kappa shape index (κ3) is 4.72. The van der Waals surface area contributed by atoms with Crippen LogP contribution in [-0.4, -0.2) is 17.0 Å². The zero-order valence-corrected chi connectivity index (χ0v) is 12.2. The Morgan fingerprint density at radius 3 is 2.50 bits per heavy atom. The lowest BCUT2D eigenvalue weighted by Crippen LogP contribution is -2.16. The van der Waals surface area contributed by atoms with Crippen LogP contribution in [0.3, 0.4) is 0 Å². The van der Waals surface area contributed by atoms with Crippen molar-refractivity contribution in [2.24, 2.45) is 0 Å². The molecule has 18 heavy (non-hydrogen) atoms. The van der Waals surface area contributed by atoms with E-state index in [2.05, 4.69) is 37.6 Å². The van der Waals surface area contributed by atoms with Gasteiger partial charge in [0.25, 0.3) is 0 Å². The summed E-state index contributed by atoms with van der Waals surface area (Å²) in [5.41, 5.74) is 0.958. The van der Waals surface area contributed by atoms with E-state index in [-0.39, 0.29) is 4.75 Å². The van der Waals surface area contributed by atoms with Crippen LogP contribution in [0.4, 0.5) is 0 Å². The Morgan fingerprint density at radius 1 is 1.22 bits per heavy atom. The van der Waals surface area contributed by atoms with Crippen LogP contribution in [0.1, 0.15) is 26.5 Å². The van der Waals surface area contributed by atoms with Crippen molar-refractivity contribution in [2.75, 3.05) is 7.11 Å². The summed E-state index contributed by atoms with van der Waals surface area (Å²) in [5.74, 6) is 0.984. The third-order valence-electron chi connectivity index (χ3n) is 2.10. The molecule has 1 aromatic carbocycles. The normalized spacial score (nSPS) is 11.2. The van der Waals surface area contributed by atoms with Crippen molar-refractivity contribution in [3.63, 3.8) is 0 Å². The Labute approximate surface area is 113 Å². The summed E-state index contributed by atoms with van der Waals surface area (Å²) in [7, 11) is 1.00. The Morgan fingerprint density at radius 2 is 1.89 bits per heavy atom. The minimum Gasteiger partial charge on any atom is -0.460 e. The van der Waals surface area contributed by atoms with Crippen molar-refractivity contribution in [3.05, 3.63) is 36.1 Å². The van der Waals surface area contributed by atoms with Crippen molar-refractivity contribution in [1.82, 2.24) is 4.72 Å². The van der Waals surface area contributed by atoms with Crippen molar-refractivity contribution in [2.45, 2.75) is 32.1 Å². The minimum atomic E-state index is 0.228. The van der Waals surface area contributed by atoms with Gasteiger partial charge in [0.2, 0.25) is 0 Å². The minimum absolute atomic E-state index is 0.228. The highest BCUT2D eigenvalue weighted by Gasteiger charge is 2.10. The first-order valence-corrected chi connectivity index (χ1v) is 6.69. The van der Waals surface area contributed by atoms with Gasteiger partial charge in [-0.1, -0.05) is 30.1 Å². The molecule has 2 rings (SSSR count). The molecular weight excluding hydrogens is 246 g/mol. The van der Waals surface area contributed by atoms with Crippen LogP contribution in [0, 0.1) is 0 Å². The Hall–Kier alpha value is -0.970. The summed E-state index contributed by atoms with van der Waals surface area (Å²) in [5, 5.41) is 8.17. The van der Waals surface area contributed by atoms with Crippen LogP contribution in [-0.2, 0) is 6.54 Å². The summed E-state index contributed by atoms with van der Waals surface area (Å²) in [6, 6.07) is 10.2. The summed E-state index contributed by atoms with van der Waals surface area (Å²) < 4.78 is 9.26. The van der Waals surface area contributed by atoms with Crippen LogP contribution < -0.4 is 4.72 Å². The van der Waals surface area contributed by atoms with Crippen molar-refractivity contribution < 1.29 is 9.52 Å². The van der Waals surface area contributed by atoms with Gasteiger partial charge in [-0.05, 0) is 32.9 Å². The molecule has 0 aliphatic rings. The van der Waals surface area contributed by atoms with E-state index in [9.17, 15) is 0 Å². The standard InChI is InChI=1S/C13H17NOS.CH4O/c1-13(2,3)16-14-9-11-8-10-6-4-5-7-12(10)15-11;1-2/h4-8,14H,9H2,1-3H3;2H,1H3. The number of hydrogen-bond donors (Lipinski definition) is 2. The molecule has 0 aliphatic heterocycles. The summed E-state index contributed by atoms with van der Waals surface area (Å²) in [6.45, 7) is 7.31. The molecule has 0 aliphatic carbocycles. The second-order valence-electron chi connectivity index (χ2n) is 4.79. The molecule has 0 unspecified atom stereocenters. The van der Waals surface area contributed by atoms with Crippen LogP contribution in [0.5, 0.6) is 0 Å². The number of aliphatic hydroxyl groups excluding tert-OH is 1. The number of para-hydroxylation sites is 1. The molecule has 1 heterocycles.